The first-order valence-electron chi connectivity index (χ1n) is 11.0. The Morgan fingerprint density at radius 2 is 1.81 bits per heavy atom. The molecule has 8 heteroatoms. The Morgan fingerprint density at radius 1 is 1.06 bits per heavy atom. The van der Waals surface area contributed by atoms with Crippen molar-refractivity contribution in [3.63, 3.8) is 0 Å². The van der Waals surface area contributed by atoms with Crippen molar-refractivity contribution in [2.45, 2.75) is 31.8 Å². The molecule has 0 radical (unpaired) electrons. The van der Waals surface area contributed by atoms with E-state index in [4.69, 9.17) is 9.73 Å². The number of nitrogens with zero attached hydrogens (tertiary/aromatic N) is 3. The van der Waals surface area contributed by atoms with E-state index in [1.807, 2.05) is 24.3 Å². The van der Waals surface area contributed by atoms with Crippen molar-refractivity contribution in [2.24, 2.45) is 4.99 Å². The number of methoxy groups -OCH3 is 1. The normalized spacial score (nSPS) is 18.8. The van der Waals surface area contributed by atoms with Crippen LogP contribution in [0, 0.1) is 0 Å². The molecule has 2 aromatic rings. The Kier molecular flexibility index (Phi) is 6.58. The monoisotopic (exact) mass is 434 g/mol. The topological polar surface area (TPSA) is 86.3 Å². The van der Waals surface area contributed by atoms with E-state index in [1.54, 1.807) is 43.3 Å². The number of amidine groups is 1. The van der Waals surface area contributed by atoms with Crippen LogP contribution in [-0.4, -0.2) is 56.1 Å². The zero-order valence-electron chi connectivity index (χ0n) is 18.5. The highest BCUT2D eigenvalue weighted by molar-refractivity contribution is 6.12. The SMILES string of the molecule is CN1C(=O)C(NC(=O)Nc2cccc(O[11CH3])c2)N=C(N2CCCCCC2)c2ccccc21. The Labute approximate surface area is 188 Å². The number of anilines is 2. The fraction of sp³-hybridized carbons (Fsp3) is 0.375. The molecule has 0 aliphatic carbocycles. The summed E-state index contributed by atoms with van der Waals surface area (Å²) in [5, 5.41) is 5.51. The summed E-state index contributed by atoms with van der Waals surface area (Å²) in [6, 6.07) is 14.3. The van der Waals surface area contributed by atoms with Gasteiger partial charge in [-0.3, -0.25) is 4.79 Å². The number of likely N-dealkylation sites (N-methyl/N-ethyl adjacent to an activating group) is 1. The molecular weight excluding hydrogens is 405 g/mol. The number of ether oxygens (including phenoxy) is 1. The van der Waals surface area contributed by atoms with Gasteiger partial charge in [0.2, 0.25) is 6.17 Å². The van der Waals surface area contributed by atoms with Gasteiger partial charge in [-0.15, -0.1) is 0 Å². The van der Waals surface area contributed by atoms with Crippen LogP contribution in [0.3, 0.4) is 0 Å². The molecule has 0 saturated carbocycles. The van der Waals surface area contributed by atoms with Crippen molar-refractivity contribution in [1.82, 2.24) is 10.2 Å². The van der Waals surface area contributed by atoms with Crippen LogP contribution in [0.5, 0.6) is 5.75 Å². The average Bonchev–Trinajstić information content (AvgIpc) is 3.14. The van der Waals surface area contributed by atoms with Crippen LogP contribution in [0.15, 0.2) is 53.5 Å². The molecule has 0 bridgehead atoms. The van der Waals surface area contributed by atoms with Crippen LogP contribution < -0.4 is 20.3 Å². The second kappa shape index (κ2) is 9.72. The van der Waals surface area contributed by atoms with E-state index in [-0.39, 0.29) is 5.91 Å². The van der Waals surface area contributed by atoms with Crippen molar-refractivity contribution in [3.8, 4) is 5.75 Å². The first-order chi connectivity index (χ1) is 15.6. The summed E-state index contributed by atoms with van der Waals surface area (Å²) in [7, 11) is 3.28. The predicted octanol–water partition coefficient (Wildman–Crippen LogP) is 3.44. The predicted molar refractivity (Wildman–Crippen MR) is 125 cm³/mol. The molecule has 2 aromatic carbocycles. The van der Waals surface area contributed by atoms with E-state index in [9.17, 15) is 9.59 Å². The molecule has 0 aromatic heterocycles. The van der Waals surface area contributed by atoms with Crippen LogP contribution >= 0.6 is 0 Å². The molecule has 2 aliphatic rings. The minimum atomic E-state index is -1.03. The quantitative estimate of drug-likeness (QED) is 0.775. The number of para-hydroxylation sites is 1. The van der Waals surface area contributed by atoms with Crippen LogP contribution in [-0.2, 0) is 4.79 Å². The number of hydrogen-bond acceptors (Lipinski definition) is 5. The van der Waals surface area contributed by atoms with E-state index >= 15 is 0 Å². The summed E-state index contributed by atoms with van der Waals surface area (Å²) in [5.74, 6) is 1.10. The minimum absolute atomic E-state index is 0.289. The zero-order chi connectivity index (χ0) is 22.5. The number of benzodiazepines with no additional fused rings is 1. The Morgan fingerprint density at radius 3 is 2.56 bits per heavy atom. The summed E-state index contributed by atoms with van der Waals surface area (Å²) < 4.78 is 5.20. The number of fused-ring (bicyclic) bond motifs is 1. The van der Waals surface area contributed by atoms with Gasteiger partial charge in [0.1, 0.15) is 11.6 Å². The summed E-state index contributed by atoms with van der Waals surface area (Å²) in [4.78, 5) is 34.6. The van der Waals surface area contributed by atoms with Gasteiger partial charge >= 0.3 is 6.03 Å². The van der Waals surface area contributed by atoms with Crippen molar-refractivity contribution in [1.29, 1.82) is 0 Å². The lowest BCUT2D eigenvalue weighted by Crippen LogP contribution is -2.47. The van der Waals surface area contributed by atoms with Crippen LogP contribution in [0.2, 0.25) is 0 Å². The molecule has 4 rings (SSSR count). The van der Waals surface area contributed by atoms with Crippen LogP contribution in [0.1, 0.15) is 31.2 Å². The smallest absolute Gasteiger partial charge is 0.321 e. The number of nitrogens with one attached hydrogen (secondary N) is 2. The molecule has 1 saturated heterocycles. The minimum Gasteiger partial charge on any atom is -0.497 e. The summed E-state index contributed by atoms with van der Waals surface area (Å²) in [5.41, 5.74) is 2.26. The molecule has 0 spiro atoms. The zero-order valence-corrected chi connectivity index (χ0v) is 18.5. The molecule has 1 atom stereocenters. The van der Waals surface area contributed by atoms with Crippen molar-refractivity contribution in [2.75, 3.05) is 37.5 Å². The van der Waals surface area contributed by atoms with E-state index in [2.05, 4.69) is 15.5 Å². The standard InChI is InChI=1S/C24H29N5O3/c1-28-20-13-6-5-12-19(20)22(29-14-7-3-4-8-15-29)26-21(23(28)30)27-24(31)25-17-10-9-11-18(16-17)32-2/h5-6,9-13,16,21H,3-4,7-8,14-15H2,1-2H3,(H2,25,27,31)/i2-1. The van der Waals surface area contributed by atoms with Gasteiger partial charge in [0.15, 0.2) is 0 Å². The average molecular weight is 435 g/mol. The number of carbonyl (C=O) groups excluding carboxylic acids is 2. The number of hydrogen-bond donors (Lipinski definition) is 2. The van der Waals surface area contributed by atoms with Gasteiger partial charge in [-0.25, -0.2) is 9.79 Å². The van der Waals surface area contributed by atoms with E-state index in [0.29, 0.717) is 11.4 Å². The van der Waals surface area contributed by atoms with Crippen molar-refractivity contribution < 1.29 is 14.3 Å². The number of aliphatic imine (C=N–C) groups is 1. The van der Waals surface area contributed by atoms with Gasteiger partial charge < -0.3 is 25.2 Å². The van der Waals surface area contributed by atoms with E-state index in [1.165, 1.54) is 12.8 Å². The van der Waals surface area contributed by atoms with E-state index < -0.39 is 12.2 Å². The Hall–Kier alpha value is -3.55. The third kappa shape index (κ3) is 4.69. The van der Waals surface area contributed by atoms with Gasteiger partial charge in [0.05, 0.1) is 12.8 Å². The van der Waals surface area contributed by atoms with Crippen LogP contribution in [0.25, 0.3) is 0 Å². The third-order valence-corrected chi connectivity index (χ3v) is 5.82. The summed E-state index contributed by atoms with van der Waals surface area (Å²) >= 11 is 0. The fourth-order valence-corrected chi connectivity index (χ4v) is 4.13. The molecule has 1 fully saturated rings. The van der Waals surface area contributed by atoms with Crippen LogP contribution in [0.4, 0.5) is 16.2 Å². The van der Waals surface area contributed by atoms with Gasteiger partial charge in [-0.1, -0.05) is 31.0 Å². The highest BCUT2D eigenvalue weighted by Crippen LogP contribution is 2.27. The lowest BCUT2D eigenvalue weighted by atomic mass is 10.1. The van der Waals surface area contributed by atoms with E-state index in [0.717, 1.165) is 43.0 Å². The maximum atomic E-state index is 13.2. The second-order valence-electron chi connectivity index (χ2n) is 8.00. The molecule has 2 heterocycles. The number of urea groups is 1. The lowest BCUT2D eigenvalue weighted by molar-refractivity contribution is -0.119. The molecule has 1 unspecified atom stereocenters. The summed E-state index contributed by atoms with van der Waals surface area (Å²) in [6.07, 6.45) is 3.51. The first kappa shape index (κ1) is 21.7. The van der Waals surface area contributed by atoms with Crippen molar-refractivity contribution in [3.05, 3.63) is 54.1 Å². The largest absolute Gasteiger partial charge is 0.497 e. The molecule has 8 nitrogen and oxygen atoms in total. The molecule has 2 aliphatic heterocycles. The second-order valence-corrected chi connectivity index (χ2v) is 8.00. The maximum absolute atomic E-state index is 13.2. The highest BCUT2D eigenvalue weighted by Gasteiger charge is 2.32. The third-order valence-electron chi connectivity index (χ3n) is 5.82. The summed E-state index contributed by atoms with van der Waals surface area (Å²) in [6.45, 7) is 1.77. The van der Waals surface area contributed by atoms with Crippen molar-refractivity contribution >= 4 is 29.1 Å². The molecule has 32 heavy (non-hydrogen) atoms. The highest BCUT2D eigenvalue weighted by atomic mass is 16.4. The first-order valence-corrected chi connectivity index (χ1v) is 11.0. The Balaban J connectivity index is 1.62. The molecule has 2 N–H and O–H groups in total. The number of likely N-dealkylation sites (tertiary alicyclic amines) is 1. The fourth-order valence-electron chi connectivity index (χ4n) is 4.13. The van der Waals surface area contributed by atoms with Gasteiger partial charge in [0.25, 0.3) is 5.91 Å². The molecular formula is C24H29N5O3. The number of benzene rings is 2. The van der Waals surface area contributed by atoms with Gasteiger partial charge in [0, 0.05) is 37.5 Å². The van der Waals surface area contributed by atoms with Gasteiger partial charge in [-0.05, 0) is 37.1 Å². The maximum Gasteiger partial charge on any atom is 0.321 e. The van der Waals surface area contributed by atoms with Gasteiger partial charge in [-0.2, -0.15) is 0 Å². The number of amides is 3. The molecule has 3 amide bonds. The number of rotatable bonds is 3. The Bertz CT molecular complexity index is 1010. The lowest BCUT2D eigenvalue weighted by Gasteiger charge is -2.25. The molecule has 168 valence electrons. The number of carbonyl (C=O) groups is 2.